The molecule has 220 valence electrons. The summed E-state index contributed by atoms with van der Waals surface area (Å²) in [6, 6.07) is 26.8. The third-order valence-electron chi connectivity index (χ3n) is 6.97. The zero-order valence-electron chi connectivity index (χ0n) is 24.2. The molecule has 0 saturated carbocycles. The van der Waals surface area contributed by atoms with Crippen molar-refractivity contribution in [3.05, 3.63) is 102 Å². The van der Waals surface area contributed by atoms with E-state index in [-0.39, 0.29) is 18.4 Å². The van der Waals surface area contributed by atoms with Crippen LogP contribution in [-0.2, 0) is 10.0 Å². The predicted octanol–water partition coefficient (Wildman–Crippen LogP) is 6.06. The highest BCUT2D eigenvalue weighted by atomic mass is 32.2. The topological polar surface area (TPSA) is 118 Å². The zero-order chi connectivity index (χ0) is 30.7. The number of para-hydroxylation sites is 1. The minimum Gasteiger partial charge on any atom is -0.457 e. The number of sulfonamides is 1. The summed E-state index contributed by atoms with van der Waals surface area (Å²) in [6.45, 7) is 1.89. The molecule has 5 rings (SSSR count). The Labute approximate surface area is 250 Å². The summed E-state index contributed by atoms with van der Waals surface area (Å²) in [5, 5.41) is 5.80. The number of anilines is 1. The summed E-state index contributed by atoms with van der Waals surface area (Å²) < 4.78 is 39.2. The normalized spacial score (nSPS) is 11.3. The van der Waals surface area contributed by atoms with E-state index in [9.17, 15) is 18.0 Å². The molecule has 9 nitrogen and oxygen atoms in total. The Balaban J connectivity index is 1.72. The van der Waals surface area contributed by atoms with E-state index in [0.717, 1.165) is 6.26 Å². The van der Waals surface area contributed by atoms with Crippen LogP contribution in [0, 0.1) is 0 Å². The van der Waals surface area contributed by atoms with Crippen LogP contribution in [0.3, 0.4) is 0 Å². The predicted molar refractivity (Wildman–Crippen MR) is 168 cm³/mol. The molecule has 0 aliphatic carbocycles. The molecule has 0 atom stereocenters. The van der Waals surface area contributed by atoms with Crippen molar-refractivity contribution in [2.45, 2.75) is 6.92 Å². The third kappa shape index (κ3) is 5.96. The van der Waals surface area contributed by atoms with Crippen LogP contribution in [0.15, 0.2) is 95.4 Å². The van der Waals surface area contributed by atoms with Crippen LogP contribution in [0.25, 0.3) is 33.4 Å². The maximum absolute atomic E-state index is 13.3. The number of amides is 2. The van der Waals surface area contributed by atoms with Gasteiger partial charge < -0.3 is 19.8 Å². The van der Waals surface area contributed by atoms with Crippen molar-refractivity contribution in [2.24, 2.45) is 0 Å². The average molecular weight is 598 g/mol. The summed E-state index contributed by atoms with van der Waals surface area (Å²) >= 11 is 0. The number of ether oxygens (including phenoxy) is 1. The number of nitrogens with zero attached hydrogens (tertiary/aromatic N) is 1. The Morgan fingerprint density at radius 1 is 0.814 bits per heavy atom. The number of rotatable bonds is 9. The fraction of sp³-hybridized carbons (Fsp3) is 0.152. The van der Waals surface area contributed by atoms with Crippen LogP contribution < -0.4 is 19.7 Å². The molecule has 43 heavy (non-hydrogen) atoms. The van der Waals surface area contributed by atoms with Crippen LogP contribution >= 0.6 is 0 Å². The molecule has 4 aromatic carbocycles. The van der Waals surface area contributed by atoms with Gasteiger partial charge in [-0.1, -0.05) is 30.3 Å². The van der Waals surface area contributed by atoms with E-state index in [0.29, 0.717) is 61.7 Å². The molecule has 0 aliphatic heterocycles. The number of benzene rings is 4. The van der Waals surface area contributed by atoms with Gasteiger partial charge in [-0.3, -0.25) is 13.9 Å². The number of carbonyl (C=O) groups excluding carboxylic acids is 2. The molecule has 1 heterocycles. The molecule has 10 heteroatoms. The van der Waals surface area contributed by atoms with E-state index in [1.165, 1.54) is 18.4 Å². The summed E-state index contributed by atoms with van der Waals surface area (Å²) in [6.07, 6.45) is 1.13. The Bertz CT molecular complexity index is 1920. The number of carbonyl (C=O) groups is 2. The first kappa shape index (κ1) is 29.4. The Kier molecular flexibility index (Phi) is 8.22. The molecule has 0 unspecified atom stereocenters. The van der Waals surface area contributed by atoms with Gasteiger partial charge >= 0.3 is 0 Å². The summed E-state index contributed by atoms with van der Waals surface area (Å²) in [7, 11) is -0.613. The molecule has 0 spiro atoms. The van der Waals surface area contributed by atoms with Gasteiger partial charge in [0.15, 0.2) is 0 Å². The van der Waals surface area contributed by atoms with Crippen LogP contribution in [0.4, 0.5) is 5.69 Å². The summed E-state index contributed by atoms with van der Waals surface area (Å²) in [4.78, 5) is 25.7. The number of furan rings is 1. The van der Waals surface area contributed by atoms with Gasteiger partial charge in [-0.25, -0.2) is 8.42 Å². The van der Waals surface area contributed by atoms with Gasteiger partial charge in [0.05, 0.1) is 17.5 Å². The highest BCUT2D eigenvalue weighted by molar-refractivity contribution is 7.92. The lowest BCUT2D eigenvalue weighted by atomic mass is 9.97. The fourth-order valence-corrected chi connectivity index (χ4v) is 5.96. The summed E-state index contributed by atoms with van der Waals surface area (Å²) in [5.41, 5.74) is 3.17. The van der Waals surface area contributed by atoms with Crippen molar-refractivity contribution in [2.75, 3.05) is 31.2 Å². The highest BCUT2D eigenvalue weighted by Gasteiger charge is 2.27. The lowest BCUT2D eigenvalue weighted by Crippen LogP contribution is -2.30. The molecule has 0 radical (unpaired) electrons. The second kappa shape index (κ2) is 12.0. The molecule has 5 aromatic rings. The lowest BCUT2D eigenvalue weighted by Gasteiger charge is -2.24. The molecular weight excluding hydrogens is 566 g/mol. The lowest BCUT2D eigenvalue weighted by molar-refractivity contribution is 0.0955. The molecule has 0 aliphatic rings. The molecule has 2 amide bonds. The Hall–Kier alpha value is -5.09. The minimum atomic E-state index is -3.69. The van der Waals surface area contributed by atoms with E-state index < -0.39 is 10.0 Å². The molecule has 0 bridgehead atoms. The Morgan fingerprint density at radius 3 is 2.12 bits per heavy atom. The van der Waals surface area contributed by atoms with Crippen molar-refractivity contribution in [3.8, 4) is 33.9 Å². The standard InChI is InChI=1S/C33H31N3O6S/c1-5-36(43(4,39)40)28-20-29-27(19-26(28)22-10-9-11-23(18-22)32(37)34-2)30(33(38)35-3)31(42-29)21-14-16-25(17-15-21)41-24-12-7-6-8-13-24/h6-20H,5H2,1-4H3,(H,34,37)(H,35,38). The monoisotopic (exact) mass is 597 g/mol. The quantitative estimate of drug-likeness (QED) is 0.213. The number of hydrogen-bond donors (Lipinski definition) is 2. The zero-order valence-corrected chi connectivity index (χ0v) is 25.0. The number of fused-ring (bicyclic) bond motifs is 1. The van der Waals surface area contributed by atoms with E-state index >= 15 is 0 Å². The maximum Gasteiger partial charge on any atom is 0.255 e. The van der Waals surface area contributed by atoms with Crippen LogP contribution in [-0.4, -0.2) is 47.1 Å². The minimum absolute atomic E-state index is 0.158. The summed E-state index contributed by atoms with van der Waals surface area (Å²) in [5.74, 6) is 0.977. The van der Waals surface area contributed by atoms with Crippen molar-refractivity contribution < 1.29 is 27.2 Å². The maximum atomic E-state index is 13.3. The number of nitrogens with one attached hydrogen (secondary N) is 2. The second-order valence-electron chi connectivity index (χ2n) is 9.78. The first-order valence-electron chi connectivity index (χ1n) is 13.6. The molecule has 0 saturated heterocycles. The van der Waals surface area contributed by atoms with E-state index in [1.807, 2.05) is 30.3 Å². The van der Waals surface area contributed by atoms with Gasteiger partial charge in [-0.15, -0.1) is 0 Å². The SMILES string of the molecule is CCN(c1cc2oc(-c3ccc(Oc4ccccc4)cc3)c(C(=O)NC)c2cc1-c1cccc(C(=O)NC)c1)S(C)(=O)=O. The van der Waals surface area contributed by atoms with Gasteiger partial charge in [-0.05, 0) is 67.1 Å². The largest absolute Gasteiger partial charge is 0.457 e. The van der Waals surface area contributed by atoms with Gasteiger partial charge in [0.25, 0.3) is 11.8 Å². The van der Waals surface area contributed by atoms with Crippen LogP contribution in [0.1, 0.15) is 27.6 Å². The van der Waals surface area contributed by atoms with Gasteiger partial charge in [0.2, 0.25) is 10.0 Å². The van der Waals surface area contributed by atoms with Gasteiger partial charge in [-0.2, -0.15) is 0 Å². The molecule has 0 fully saturated rings. The first-order valence-corrected chi connectivity index (χ1v) is 15.5. The van der Waals surface area contributed by atoms with Crippen molar-refractivity contribution in [1.29, 1.82) is 0 Å². The van der Waals surface area contributed by atoms with Gasteiger partial charge in [0.1, 0.15) is 22.8 Å². The Morgan fingerprint density at radius 2 is 1.49 bits per heavy atom. The number of hydrogen-bond acceptors (Lipinski definition) is 6. The fourth-order valence-electron chi connectivity index (χ4n) is 4.98. The highest BCUT2D eigenvalue weighted by Crippen LogP contribution is 2.42. The van der Waals surface area contributed by atoms with Gasteiger partial charge in [0, 0.05) is 48.8 Å². The molecular formula is C33H31N3O6S. The van der Waals surface area contributed by atoms with Crippen molar-refractivity contribution in [1.82, 2.24) is 10.6 Å². The van der Waals surface area contributed by atoms with Crippen molar-refractivity contribution in [3.63, 3.8) is 0 Å². The third-order valence-corrected chi connectivity index (χ3v) is 8.23. The first-order chi connectivity index (χ1) is 20.6. The molecule has 1 aromatic heterocycles. The molecule has 2 N–H and O–H groups in total. The van der Waals surface area contributed by atoms with E-state index in [1.54, 1.807) is 67.6 Å². The second-order valence-corrected chi connectivity index (χ2v) is 11.7. The average Bonchev–Trinajstić information content (AvgIpc) is 3.39. The van der Waals surface area contributed by atoms with Crippen LogP contribution in [0.5, 0.6) is 11.5 Å². The smallest absolute Gasteiger partial charge is 0.255 e. The van der Waals surface area contributed by atoms with Crippen molar-refractivity contribution >= 4 is 38.5 Å². The van der Waals surface area contributed by atoms with Crippen LogP contribution in [0.2, 0.25) is 0 Å². The van der Waals surface area contributed by atoms with E-state index in [4.69, 9.17) is 9.15 Å². The van der Waals surface area contributed by atoms with E-state index in [2.05, 4.69) is 10.6 Å².